The van der Waals surface area contributed by atoms with Crippen molar-refractivity contribution in [3.63, 3.8) is 0 Å². The van der Waals surface area contributed by atoms with Gasteiger partial charge in [-0.05, 0) is 60.3 Å². The Kier molecular flexibility index (Phi) is 4.65. The Morgan fingerprint density at radius 2 is 2.06 bits per heavy atom. The molecule has 0 unspecified atom stereocenters. The molecule has 18 heavy (non-hydrogen) atoms. The number of hydrogen-bond acceptors (Lipinski definition) is 3. The summed E-state index contributed by atoms with van der Waals surface area (Å²) >= 11 is 5.39. The topological polar surface area (TPSA) is 16.4 Å². The minimum absolute atomic E-state index is 0.490. The highest BCUT2D eigenvalue weighted by Crippen LogP contribution is 2.25. The fourth-order valence-electron chi connectivity index (χ4n) is 1.81. The smallest absolute Gasteiger partial charge is 0.118 e. The number of hydrogen-bond donors (Lipinski definition) is 0. The molecule has 2 aromatic rings. The Morgan fingerprint density at radius 1 is 1.28 bits per heavy atom. The molecular weight excluding hydrogens is 310 g/mol. The number of thiophene rings is 1. The van der Waals surface area contributed by atoms with Crippen molar-refractivity contribution in [1.29, 1.82) is 0 Å². The quantitative estimate of drug-likeness (QED) is 0.782. The first-order valence-corrected chi connectivity index (χ1v) is 7.74. The Morgan fingerprint density at radius 3 is 2.56 bits per heavy atom. The van der Waals surface area contributed by atoms with Gasteiger partial charge in [0.1, 0.15) is 11.5 Å². The minimum Gasteiger partial charge on any atom is -0.465 e. The third-order valence-electron chi connectivity index (χ3n) is 2.92. The summed E-state index contributed by atoms with van der Waals surface area (Å²) in [5, 5.41) is 2.12. The van der Waals surface area contributed by atoms with Crippen molar-refractivity contribution in [2.24, 2.45) is 0 Å². The monoisotopic (exact) mass is 327 g/mol. The van der Waals surface area contributed by atoms with Crippen LogP contribution in [0.3, 0.4) is 0 Å². The molecule has 0 saturated carbocycles. The van der Waals surface area contributed by atoms with Crippen LogP contribution in [0, 0.1) is 6.92 Å². The summed E-state index contributed by atoms with van der Waals surface area (Å²) in [6.07, 6.45) is 0. The molecule has 0 spiro atoms. The molecule has 2 heterocycles. The van der Waals surface area contributed by atoms with Gasteiger partial charge in [0.15, 0.2) is 0 Å². The number of aryl methyl sites for hydroxylation is 1. The van der Waals surface area contributed by atoms with Crippen molar-refractivity contribution in [2.75, 3.05) is 0 Å². The van der Waals surface area contributed by atoms with Gasteiger partial charge >= 0.3 is 0 Å². The highest BCUT2D eigenvalue weighted by molar-refractivity contribution is 9.10. The van der Waals surface area contributed by atoms with Crippen molar-refractivity contribution >= 4 is 27.3 Å². The van der Waals surface area contributed by atoms with Gasteiger partial charge in [0.2, 0.25) is 0 Å². The lowest BCUT2D eigenvalue weighted by molar-refractivity contribution is 0.188. The van der Waals surface area contributed by atoms with Crippen LogP contribution in [-0.4, -0.2) is 10.9 Å². The third kappa shape index (κ3) is 3.46. The molecule has 0 saturated heterocycles. The van der Waals surface area contributed by atoms with Crippen molar-refractivity contribution in [1.82, 2.24) is 4.90 Å². The average molecular weight is 328 g/mol. The summed E-state index contributed by atoms with van der Waals surface area (Å²) in [6, 6.07) is 6.68. The predicted octanol–water partition coefficient (Wildman–Crippen LogP) is 4.82. The van der Waals surface area contributed by atoms with Gasteiger partial charge in [0.25, 0.3) is 0 Å². The zero-order valence-electron chi connectivity index (χ0n) is 10.9. The maximum atomic E-state index is 5.66. The molecule has 0 radical (unpaired) electrons. The number of nitrogens with zero attached hydrogens (tertiary/aromatic N) is 1. The van der Waals surface area contributed by atoms with Crippen molar-refractivity contribution in [2.45, 2.75) is 39.9 Å². The largest absolute Gasteiger partial charge is 0.465 e. The zero-order chi connectivity index (χ0) is 13.1. The molecule has 0 aromatic carbocycles. The van der Waals surface area contributed by atoms with E-state index in [0.717, 1.165) is 24.6 Å². The summed E-state index contributed by atoms with van der Waals surface area (Å²) in [4.78, 5) is 3.78. The van der Waals surface area contributed by atoms with E-state index >= 15 is 0 Å². The van der Waals surface area contributed by atoms with Gasteiger partial charge in [-0.2, -0.15) is 0 Å². The second-order valence-corrected chi connectivity index (χ2v) is 6.56. The SMILES string of the molecule is Cc1ccc(CN(Cc2sccc2Br)C(C)C)o1. The molecule has 0 aliphatic heterocycles. The Hall–Kier alpha value is -0.580. The Bertz CT molecular complexity index is 503. The summed E-state index contributed by atoms with van der Waals surface area (Å²) in [6.45, 7) is 8.24. The van der Waals surface area contributed by atoms with Crippen molar-refractivity contribution in [3.8, 4) is 0 Å². The van der Waals surface area contributed by atoms with Gasteiger partial charge in [-0.15, -0.1) is 11.3 Å². The fraction of sp³-hybridized carbons (Fsp3) is 0.429. The van der Waals surface area contributed by atoms with E-state index in [9.17, 15) is 0 Å². The summed E-state index contributed by atoms with van der Waals surface area (Å²) in [5.74, 6) is 2.01. The number of furan rings is 1. The molecule has 2 nitrogen and oxygen atoms in total. The van der Waals surface area contributed by atoms with Crippen LogP contribution in [0.25, 0.3) is 0 Å². The van der Waals surface area contributed by atoms with Crippen molar-refractivity contribution < 1.29 is 4.42 Å². The summed E-state index contributed by atoms with van der Waals surface area (Å²) in [7, 11) is 0. The van der Waals surface area contributed by atoms with Crippen LogP contribution in [-0.2, 0) is 13.1 Å². The van der Waals surface area contributed by atoms with E-state index in [4.69, 9.17) is 4.42 Å². The van der Waals surface area contributed by atoms with E-state index in [2.05, 4.69) is 52.2 Å². The normalized spacial score (nSPS) is 11.7. The second kappa shape index (κ2) is 6.04. The van der Waals surface area contributed by atoms with E-state index < -0.39 is 0 Å². The van der Waals surface area contributed by atoms with E-state index in [1.165, 1.54) is 9.35 Å². The molecule has 2 aromatic heterocycles. The Labute approximate surface area is 121 Å². The third-order valence-corrected chi connectivity index (χ3v) is 4.83. The first kappa shape index (κ1) is 13.8. The van der Waals surface area contributed by atoms with Crippen LogP contribution in [0.5, 0.6) is 0 Å². The summed E-state index contributed by atoms with van der Waals surface area (Å²) in [5.41, 5.74) is 0. The fourth-order valence-corrected chi connectivity index (χ4v) is 3.32. The minimum atomic E-state index is 0.490. The highest BCUT2D eigenvalue weighted by Gasteiger charge is 2.15. The van der Waals surface area contributed by atoms with Gasteiger partial charge in [0.05, 0.1) is 6.54 Å². The molecule has 0 aliphatic rings. The van der Waals surface area contributed by atoms with Crippen LogP contribution in [0.2, 0.25) is 0 Å². The molecule has 0 fully saturated rings. The molecule has 98 valence electrons. The lowest BCUT2D eigenvalue weighted by Gasteiger charge is -2.25. The van der Waals surface area contributed by atoms with Crippen LogP contribution < -0.4 is 0 Å². The van der Waals surface area contributed by atoms with Gasteiger partial charge in [-0.3, -0.25) is 4.90 Å². The molecule has 0 aliphatic carbocycles. The lowest BCUT2D eigenvalue weighted by atomic mass is 10.2. The lowest BCUT2D eigenvalue weighted by Crippen LogP contribution is -2.29. The zero-order valence-corrected chi connectivity index (χ0v) is 13.3. The number of rotatable bonds is 5. The maximum absolute atomic E-state index is 5.66. The van der Waals surface area contributed by atoms with E-state index in [0.29, 0.717) is 6.04 Å². The molecule has 0 bridgehead atoms. The van der Waals surface area contributed by atoms with Crippen molar-refractivity contribution in [3.05, 3.63) is 44.4 Å². The molecule has 0 N–H and O–H groups in total. The highest BCUT2D eigenvalue weighted by atomic mass is 79.9. The molecule has 2 rings (SSSR count). The van der Waals surface area contributed by atoms with E-state index in [1.54, 1.807) is 11.3 Å². The van der Waals surface area contributed by atoms with E-state index in [-0.39, 0.29) is 0 Å². The van der Waals surface area contributed by atoms with Crippen LogP contribution in [0.1, 0.15) is 30.2 Å². The molecular formula is C14H18BrNOS. The Balaban J connectivity index is 2.07. The standard InChI is InChI=1S/C14H18BrNOS/c1-10(2)16(8-12-5-4-11(3)17-12)9-14-13(15)6-7-18-14/h4-7,10H,8-9H2,1-3H3. The molecule has 0 amide bonds. The van der Waals surface area contributed by atoms with Gasteiger partial charge < -0.3 is 4.42 Å². The maximum Gasteiger partial charge on any atom is 0.118 e. The van der Waals surface area contributed by atoms with Gasteiger partial charge in [0, 0.05) is 21.9 Å². The average Bonchev–Trinajstić information content (AvgIpc) is 2.88. The first-order valence-electron chi connectivity index (χ1n) is 6.07. The van der Waals surface area contributed by atoms with Gasteiger partial charge in [-0.25, -0.2) is 0 Å². The van der Waals surface area contributed by atoms with Gasteiger partial charge in [-0.1, -0.05) is 0 Å². The first-order chi connectivity index (χ1) is 8.56. The van der Waals surface area contributed by atoms with Crippen LogP contribution in [0.4, 0.5) is 0 Å². The van der Waals surface area contributed by atoms with E-state index in [1.807, 2.05) is 13.0 Å². The molecule has 0 atom stereocenters. The van der Waals surface area contributed by atoms with Crippen LogP contribution >= 0.6 is 27.3 Å². The predicted molar refractivity (Wildman–Crippen MR) is 79.8 cm³/mol. The molecule has 4 heteroatoms. The van der Waals surface area contributed by atoms with Crippen LogP contribution in [0.15, 0.2) is 32.5 Å². The summed E-state index contributed by atoms with van der Waals surface area (Å²) < 4.78 is 6.87. The second-order valence-electron chi connectivity index (χ2n) is 4.70. The number of halogens is 1.